The molecule has 0 saturated heterocycles. The van der Waals surface area contributed by atoms with Gasteiger partial charge in [0.25, 0.3) is 0 Å². The molecule has 0 heterocycles. The number of carbonyl (C=O) groups excluding carboxylic acids is 1. The Morgan fingerprint density at radius 2 is 1.88 bits per heavy atom. The molecule has 0 aromatic heterocycles. The van der Waals surface area contributed by atoms with Gasteiger partial charge >= 0.3 is 5.97 Å². The smallest absolute Gasteiger partial charge is 0.347 e. The Hall–Kier alpha value is -2.08. The van der Waals surface area contributed by atoms with Crippen molar-refractivity contribution < 1.29 is 19.4 Å². The molecule has 0 aliphatic rings. The van der Waals surface area contributed by atoms with Crippen molar-refractivity contribution in [2.75, 3.05) is 13.7 Å². The molecule has 0 spiro atoms. The Morgan fingerprint density at radius 3 is 2.53 bits per heavy atom. The maximum Gasteiger partial charge on any atom is 0.347 e. The second-order valence-electron chi connectivity index (χ2n) is 8.21. The first-order chi connectivity index (χ1) is 15.4. The van der Waals surface area contributed by atoms with E-state index >= 15 is 0 Å². The number of ether oxygens (including phenoxy) is 2. The number of aliphatic hydroxyl groups is 1. The number of benzene rings is 2. The van der Waals surface area contributed by atoms with Crippen molar-refractivity contribution in [2.24, 2.45) is 0 Å². The Balaban J connectivity index is 1.83. The maximum atomic E-state index is 12.1. The molecule has 176 valence electrons. The number of methoxy groups -OCH3 is 1. The van der Waals surface area contributed by atoms with E-state index in [-0.39, 0.29) is 12.0 Å². The number of hydrogen-bond acceptors (Lipinski definition) is 5. The van der Waals surface area contributed by atoms with Crippen LogP contribution in [0, 0.1) is 0 Å². The number of nitrogens with one attached hydrogen (secondary N) is 1. The normalized spacial score (nSPS) is 13.9. The van der Waals surface area contributed by atoms with Crippen LogP contribution in [0.5, 0.6) is 5.75 Å². The zero-order valence-electron chi connectivity index (χ0n) is 19.4. The molecular weight excluding hydrogens is 426 g/mol. The summed E-state index contributed by atoms with van der Waals surface area (Å²) < 4.78 is 10.8. The van der Waals surface area contributed by atoms with E-state index in [2.05, 4.69) is 19.2 Å². The number of esters is 1. The van der Waals surface area contributed by atoms with Crippen molar-refractivity contribution in [2.45, 2.75) is 70.6 Å². The molecule has 2 aromatic rings. The van der Waals surface area contributed by atoms with Crippen LogP contribution >= 0.6 is 11.6 Å². The highest BCUT2D eigenvalue weighted by molar-refractivity contribution is 6.30. The molecule has 3 atom stereocenters. The van der Waals surface area contributed by atoms with Crippen molar-refractivity contribution in [3.63, 3.8) is 0 Å². The van der Waals surface area contributed by atoms with Gasteiger partial charge in [0.15, 0.2) is 6.10 Å². The SMILES string of the molecule is CCCCCCC(Oc1ccc(CC(C)NCC(O)c2cccc(Cl)c2)cc1)C(=O)OC. The van der Waals surface area contributed by atoms with Gasteiger partial charge in [-0.2, -0.15) is 0 Å². The lowest BCUT2D eigenvalue weighted by molar-refractivity contribution is -0.149. The second-order valence-corrected chi connectivity index (χ2v) is 8.64. The third-order valence-electron chi connectivity index (χ3n) is 5.42. The molecule has 2 rings (SSSR count). The molecule has 6 heteroatoms. The Kier molecular flexibility index (Phi) is 11.6. The molecule has 0 aliphatic heterocycles. The zero-order chi connectivity index (χ0) is 23.3. The lowest BCUT2D eigenvalue weighted by atomic mass is 10.1. The molecule has 0 radical (unpaired) electrons. The summed E-state index contributed by atoms with van der Waals surface area (Å²) in [5.74, 6) is 0.332. The van der Waals surface area contributed by atoms with E-state index in [0.29, 0.717) is 23.7 Å². The molecule has 0 saturated carbocycles. The fourth-order valence-electron chi connectivity index (χ4n) is 3.55. The van der Waals surface area contributed by atoms with Crippen molar-refractivity contribution in [3.8, 4) is 5.75 Å². The molecule has 0 amide bonds. The average molecular weight is 462 g/mol. The summed E-state index contributed by atoms with van der Waals surface area (Å²) >= 11 is 6.00. The van der Waals surface area contributed by atoms with Gasteiger partial charge in [-0.25, -0.2) is 4.79 Å². The number of rotatable bonds is 14. The summed E-state index contributed by atoms with van der Waals surface area (Å²) in [5, 5.41) is 14.3. The van der Waals surface area contributed by atoms with Crippen LogP contribution in [0.15, 0.2) is 48.5 Å². The van der Waals surface area contributed by atoms with Gasteiger partial charge in [-0.15, -0.1) is 0 Å². The zero-order valence-corrected chi connectivity index (χ0v) is 20.1. The fraction of sp³-hybridized carbons (Fsp3) is 0.500. The van der Waals surface area contributed by atoms with Crippen molar-refractivity contribution in [1.82, 2.24) is 5.32 Å². The first kappa shape index (κ1) is 26.2. The van der Waals surface area contributed by atoms with E-state index in [1.54, 1.807) is 12.1 Å². The van der Waals surface area contributed by atoms with Crippen LogP contribution in [0.4, 0.5) is 0 Å². The number of aliphatic hydroxyl groups excluding tert-OH is 1. The van der Waals surface area contributed by atoms with E-state index in [4.69, 9.17) is 21.1 Å². The molecule has 0 bridgehead atoms. The predicted molar refractivity (Wildman–Crippen MR) is 129 cm³/mol. The van der Waals surface area contributed by atoms with Crippen LogP contribution in [0.2, 0.25) is 5.02 Å². The Labute approximate surface area is 197 Å². The van der Waals surface area contributed by atoms with Crippen LogP contribution in [-0.2, 0) is 16.0 Å². The summed E-state index contributed by atoms with van der Waals surface area (Å²) in [6, 6.07) is 15.3. The highest BCUT2D eigenvalue weighted by atomic mass is 35.5. The van der Waals surface area contributed by atoms with E-state index in [9.17, 15) is 9.90 Å². The average Bonchev–Trinajstić information content (AvgIpc) is 2.80. The molecule has 3 unspecified atom stereocenters. The summed E-state index contributed by atoms with van der Waals surface area (Å²) in [6.45, 7) is 4.69. The van der Waals surface area contributed by atoms with Crippen LogP contribution in [0.3, 0.4) is 0 Å². The van der Waals surface area contributed by atoms with Gasteiger partial charge in [-0.1, -0.05) is 62.1 Å². The molecule has 0 aliphatic carbocycles. The van der Waals surface area contributed by atoms with E-state index in [1.807, 2.05) is 36.4 Å². The van der Waals surface area contributed by atoms with Gasteiger partial charge in [0.05, 0.1) is 13.2 Å². The minimum absolute atomic E-state index is 0.178. The van der Waals surface area contributed by atoms with E-state index < -0.39 is 12.2 Å². The van der Waals surface area contributed by atoms with Crippen molar-refractivity contribution in [1.29, 1.82) is 0 Å². The topological polar surface area (TPSA) is 67.8 Å². The molecule has 2 aromatic carbocycles. The summed E-state index contributed by atoms with van der Waals surface area (Å²) in [7, 11) is 1.39. The minimum atomic E-state index is -0.612. The van der Waals surface area contributed by atoms with Gasteiger partial charge in [-0.05, 0) is 61.6 Å². The monoisotopic (exact) mass is 461 g/mol. The van der Waals surface area contributed by atoms with E-state index in [0.717, 1.165) is 43.2 Å². The fourth-order valence-corrected chi connectivity index (χ4v) is 3.75. The van der Waals surface area contributed by atoms with Crippen molar-refractivity contribution >= 4 is 17.6 Å². The largest absolute Gasteiger partial charge is 0.479 e. The molecule has 5 nitrogen and oxygen atoms in total. The molecule has 0 fully saturated rings. The van der Waals surface area contributed by atoms with Gasteiger partial charge in [0.2, 0.25) is 0 Å². The van der Waals surface area contributed by atoms with Gasteiger partial charge in [-0.3, -0.25) is 0 Å². The van der Waals surface area contributed by atoms with Crippen LogP contribution < -0.4 is 10.1 Å². The third-order valence-corrected chi connectivity index (χ3v) is 5.66. The highest BCUT2D eigenvalue weighted by Crippen LogP contribution is 2.19. The summed E-state index contributed by atoms with van der Waals surface area (Å²) in [5.41, 5.74) is 1.95. The number of halogens is 1. The maximum absolute atomic E-state index is 12.1. The first-order valence-electron chi connectivity index (χ1n) is 11.4. The van der Waals surface area contributed by atoms with Gasteiger partial charge in [0.1, 0.15) is 5.75 Å². The Morgan fingerprint density at radius 1 is 1.12 bits per heavy atom. The predicted octanol–water partition coefficient (Wildman–Crippen LogP) is 5.49. The summed E-state index contributed by atoms with van der Waals surface area (Å²) in [6.07, 6.45) is 4.61. The van der Waals surface area contributed by atoms with Gasteiger partial charge < -0.3 is 19.9 Å². The van der Waals surface area contributed by atoms with Crippen LogP contribution in [-0.4, -0.2) is 36.9 Å². The minimum Gasteiger partial charge on any atom is -0.479 e. The Bertz CT molecular complexity index is 812. The number of unbranched alkanes of at least 4 members (excludes halogenated alkanes) is 3. The standard InChI is InChI=1S/C26H36ClNO4/c1-4-5-6-7-11-25(26(30)31-3)32-23-14-12-20(13-15-23)16-19(2)28-18-24(29)21-9-8-10-22(27)17-21/h8-10,12-15,17,19,24-25,28-29H,4-7,11,16,18H2,1-3H3. The lowest BCUT2D eigenvalue weighted by Crippen LogP contribution is -2.32. The van der Waals surface area contributed by atoms with Crippen molar-refractivity contribution in [3.05, 3.63) is 64.7 Å². The quantitative estimate of drug-likeness (QED) is 0.288. The molecular formula is C26H36ClNO4. The molecule has 2 N–H and O–H groups in total. The number of hydrogen-bond donors (Lipinski definition) is 2. The second kappa shape index (κ2) is 14.1. The first-order valence-corrected chi connectivity index (χ1v) is 11.8. The van der Waals surface area contributed by atoms with Crippen LogP contribution in [0.1, 0.15) is 63.2 Å². The van der Waals surface area contributed by atoms with E-state index in [1.165, 1.54) is 7.11 Å². The highest BCUT2D eigenvalue weighted by Gasteiger charge is 2.20. The number of carbonyl (C=O) groups is 1. The van der Waals surface area contributed by atoms with Gasteiger partial charge in [0, 0.05) is 17.6 Å². The summed E-state index contributed by atoms with van der Waals surface area (Å²) in [4.78, 5) is 12.1. The lowest BCUT2D eigenvalue weighted by Gasteiger charge is -2.19. The third kappa shape index (κ3) is 9.19. The molecule has 32 heavy (non-hydrogen) atoms. The van der Waals surface area contributed by atoms with Crippen LogP contribution in [0.25, 0.3) is 0 Å².